The number of aliphatic hydroxyl groups is 1. The monoisotopic (exact) mass is 247 g/mol. The number of nitrogens with one attached hydrogen (secondary N) is 1. The van der Waals surface area contributed by atoms with Crippen molar-refractivity contribution in [3.8, 4) is 0 Å². The lowest BCUT2D eigenvalue weighted by molar-refractivity contribution is 0.0908. The first kappa shape index (κ1) is 13.6. The molecule has 100 valence electrons. The van der Waals surface area contributed by atoms with Crippen molar-refractivity contribution in [3.05, 3.63) is 35.9 Å². The van der Waals surface area contributed by atoms with Gasteiger partial charge in [0.1, 0.15) is 0 Å². The summed E-state index contributed by atoms with van der Waals surface area (Å²) in [5, 5.41) is 13.4. The van der Waals surface area contributed by atoms with Gasteiger partial charge in [-0.15, -0.1) is 0 Å². The van der Waals surface area contributed by atoms with Crippen LogP contribution in [0.3, 0.4) is 0 Å². The molecule has 0 spiro atoms. The van der Waals surface area contributed by atoms with Gasteiger partial charge < -0.3 is 10.4 Å². The van der Waals surface area contributed by atoms with Crippen LogP contribution in [-0.2, 0) is 0 Å². The maximum absolute atomic E-state index is 9.89. The van der Waals surface area contributed by atoms with Crippen molar-refractivity contribution >= 4 is 0 Å². The van der Waals surface area contributed by atoms with E-state index in [1.165, 1.54) is 18.4 Å². The van der Waals surface area contributed by atoms with Crippen molar-refractivity contribution in [2.24, 2.45) is 0 Å². The van der Waals surface area contributed by atoms with Crippen molar-refractivity contribution in [1.29, 1.82) is 0 Å². The molecule has 0 saturated heterocycles. The zero-order chi connectivity index (χ0) is 12.8. The minimum Gasteiger partial charge on any atom is -0.392 e. The number of rotatable bonds is 5. The molecule has 3 unspecified atom stereocenters. The summed E-state index contributed by atoms with van der Waals surface area (Å²) in [7, 11) is 0. The fourth-order valence-corrected chi connectivity index (χ4v) is 2.78. The van der Waals surface area contributed by atoms with Gasteiger partial charge in [0.05, 0.1) is 6.10 Å². The largest absolute Gasteiger partial charge is 0.392 e. The minimum absolute atomic E-state index is 0.134. The Morgan fingerprint density at radius 3 is 2.67 bits per heavy atom. The number of aliphatic hydroxyl groups excluding tert-OH is 1. The van der Waals surface area contributed by atoms with Gasteiger partial charge in [0.15, 0.2) is 0 Å². The Hall–Kier alpha value is -0.860. The first-order valence-corrected chi connectivity index (χ1v) is 7.24. The molecule has 1 aromatic carbocycles. The highest BCUT2D eigenvalue weighted by atomic mass is 16.3. The van der Waals surface area contributed by atoms with E-state index in [9.17, 15) is 5.11 Å². The molecule has 0 heterocycles. The number of hydrogen-bond acceptors (Lipinski definition) is 2. The number of benzene rings is 1. The molecule has 2 N–H and O–H groups in total. The Kier molecular flexibility index (Phi) is 5.21. The van der Waals surface area contributed by atoms with Crippen molar-refractivity contribution in [2.45, 2.75) is 57.1 Å². The third-order valence-electron chi connectivity index (χ3n) is 4.08. The predicted octanol–water partition coefficient (Wildman–Crippen LogP) is 3.07. The third kappa shape index (κ3) is 3.82. The molecule has 0 bridgehead atoms. The highest BCUT2D eigenvalue weighted by Crippen LogP contribution is 2.20. The van der Waals surface area contributed by atoms with Crippen LogP contribution in [0, 0.1) is 0 Å². The van der Waals surface area contributed by atoms with Gasteiger partial charge in [-0.05, 0) is 37.3 Å². The summed E-state index contributed by atoms with van der Waals surface area (Å²) in [6.07, 6.45) is 5.52. The molecular weight excluding hydrogens is 222 g/mol. The van der Waals surface area contributed by atoms with E-state index in [1.807, 2.05) is 0 Å². The van der Waals surface area contributed by atoms with Crippen LogP contribution in [0.5, 0.6) is 0 Å². The second kappa shape index (κ2) is 6.91. The third-order valence-corrected chi connectivity index (χ3v) is 4.08. The Morgan fingerprint density at radius 1 is 1.22 bits per heavy atom. The average Bonchev–Trinajstić information content (AvgIpc) is 2.42. The van der Waals surface area contributed by atoms with Crippen molar-refractivity contribution < 1.29 is 5.11 Å². The fourth-order valence-electron chi connectivity index (χ4n) is 2.78. The number of hydrogen-bond donors (Lipinski definition) is 2. The second-order valence-electron chi connectivity index (χ2n) is 5.51. The van der Waals surface area contributed by atoms with E-state index < -0.39 is 0 Å². The van der Waals surface area contributed by atoms with E-state index >= 15 is 0 Å². The molecule has 18 heavy (non-hydrogen) atoms. The molecule has 2 rings (SSSR count). The van der Waals surface area contributed by atoms with Gasteiger partial charge >= 0.3 is 0 Å². The molecular formula is C16H25NO. The average molecular weight is 247 g/mol. The van der Waals surface area contributed by atoms with Crippen LogP contribution in [0.25, 0.3) is 0 Å². The van der Waals surface area contributed by atoms with Gasteiger partial charge in [0.25, 0.3) is 0 Å². The molecule has 2 heteroatoms. The molecule has 1 aliphatic rings. The normalized spacial score (nSPS) is 25.9. The molecule has 1 aliphatic carbocycles. The van der Waals surface area contributed by atoms with Crippen LogP contribution in [0.15, 0.2) is 30.3 Å². The first-order valence-electron chi connectivity index (χ1n) is 7.24. The maximum Gasteiger partial charge on any atom is 0.0693 e. The summed E-state index contributed by atoms with van der Waals surface area (Å²) >= 11 is 0. The molecule has 0 aliphatic heterocycles. The Morgan fingerprint density at radius 2 is 1.94 bits per heavy atom. The standard InChI is InChI=1S/C16H25NO/c1-13(14-7-3-2-4-8-14)11-12-17-15-9-5-6-10-16(15)18/h2-4,7-8,13,15-18H,5-6,9-12H2,1H3. The zero-order valence-corrected chi connectivity index (χ0v) is 11.3. The Balaban J connectivity index is 1.71. The van der Waals surface area contributed by atoms with E-state index in [4.69, 9.17) is 0 Å². The van der Waals surface area contributed by atoms with E-state index in [0.717, 1.165) is 25.8 Å². The zero-order valence-electron chi connectivity index (χ0n) is 11.3. The second-order valence-corrected chi connectivity index (χ2v) is 5.51. The van der Waals surface area contributed by atoms with Crippen LogP contribution in [0.1, 0.15) is 50.5 Å². The molecule has 0 aromatic heterocycles. The molecule has 1 saturated carbocycles. The molecule has 0 radical (unpaired) electrons. The smallest absolute Gasteiger partial charge is 0.0693 e. The van der Waals surface area contributed by atoms with E-state index in [2.05, 4.69) is 42.6 Å². The van der Waals surface area contributed by atoms with Crippen LogP contribution in [0.2, 0.25) is 0 Å². The lowest BCUT2D eigenvalue weighted by Gasteiger charge is -2.29. The van der Waals surface area contributed by atoms with Gasteiger partial charge in [0.2, 0.25) is 0 Å². The molecule has 1 aromatic rings. The van der Waals surface area contributed by atoms with Crippen molar-refractivity contribution in [1.82, 2.24) is 5.32 Å². The lowest BCUT2D eigenvalue weighted by atomic mass is 9.92. The first-order chi connectivity index (χ1) is 8.77. The molecule has 2 nitrogen and oxygen atoms in total. The van der Waals surface area contributed by atoms with Crippen LogP contribution < -0.4 is 5.32 Å². The van der Waals surface area contributed by atoms with Crippen LogP contribution in [0.4, 0.5) is 0 Å². The van der Waals surface area contributed by atoms with Gasteiger partial charge in [0, 0.05) is 6.04 Å². The van der Waals surface area contributed by atoms with E-state index in [-0.39, 0.29) is 6.10 Å². The predicted molar refractivity (Wildman–Crippen MR) is 75.7 cm³/mol. The minimum atomic E-state index is -0.134. The van der Waals surface area contributed by atoms with Gasteiger partial charge in [-0.2, -0.15) is 0 Å². The quantitative estimate of drug-likeness (QED) is 0.838. The summed E-state index contributed by atoms with van der Waals surface area (Å²) in [6.45, 7) is 3.27. The summed E-state index contributed by atoms with van der Waals surface area (Å²) in [5.74, 6) is 0.583. The summed E-state index contributed by atoms with van der Waals surface area (Å²) in [5.41, 5.74) is 1.41. The molecule has 0 amide bonds. The van der Waals surface area contributed by atoms with E-state index in [1.54, 1.807) is 0 Å². The van der Waals surface area contributed by atoms with Crippen molar-refractivity contribution in [3.63, 3.8) is 0 Å². The summed E-state index contributed by atoms with van der Waals surface area (Å²) < 4.78 is 0. The van der Waals surface area contributed by atoms with Gasteiger partial charge in [-0.1, -0.05) is 50.1 Å². The topological polar surface area (TPSA) is 32.3 Å². The van der Waals surface area contributed by atoms with E-state index in [0.29, 0.717) is 12.0 Å². The Labute approximate surface area is 110 Å². The molecule has 3 atom stereocenters. The van der Waals surface area contributed by atoms with Crippen LogP contribution >= 0.6 is 0 Å². The Bertz CT molecular complexity index is 338. The van der Waals surface area contributed by atoms with Crippen LogP contribution in [-0.4, -0.2) is 23.8 Å². The summed E-state index contributed by atoms with van der Waals surface area (Å²) in [4.78, 5) is 0. The highest BCUT2D eigenvalue weighted by molar-refractivity contribution is 5.18. The summed E-state index contributed by atoms with van der Waals surface area (Å²) in [6, 6.07) is 11.0. The van der Waals surface area contributed by atoms with Gasteiger partial charge in [-0.25, -0.2) is 0 Å². The fraction of sp³-hybridized carbons (Fsp3) is 0.625. The van der Waals surface area contributed by atoms with Gasteiger partial charge in [-0.3, -0.25) is 0 Å². The maximum atomic E-state index is 9.89. The SMILES string of the molecule is CC(CCNC1CCCCC1O)c1ccccc1. The van der Waals surface area contributed by atoms with Crippen molar-refractivity contribution in [2.75, 3.05) is 6.54 Å². The lowest BCUT2D eigenvalue weighted by Crippen LogP contribution is -2.42. The highest BCUT2D eigenvalue weighted by Gasteiger charge is 2.22. The molecule has 1 fully saturated rings.